The Hall–Kier alpha value is -1.46. The lowest BCUT2D eigenvalue weighted by Gasteiger charge is -2.38. The molecule has 0 aromatic carbocycles. The smallest absolute Gasteiger partial charge is 0.223 e. The van der Waals surface area contributed by atoms with Crippen LogP contribution < -0.4 is 0 Å². The first-order valence-corrected chi connectivity index (χ1v) is 9.81. The van der Waals surface area contributed by atoms with Gasteiger partial charge < -0.3 is 14.7 Å². The second-order valence-electron chi connectivity index (χ2n) is 7.53. The largest absolute Gasteiger partial charge is 0.340 e. The molecule has 0 saturated carbocycles. The van der Waals surface area contributed by atoms with Gasteiger partial charge in [-0.1, -0.05) is 0 Å². The first kappa shape index (κ1) is 18.3. The first-order valence-electron chi connectivity index (χ1n) is 9.81. The Morgan fingerprint density at radius 2 is 1.88 bits per heavy atom. The summed E-state index contributed by atoms with van der Waals surface area (Å²) in [4.78, 5) is 24.0. The second-order valence-corrected chi connectivity index (χ2v) is 7.53. The van der Waals surface area contributed by atoms with Crippen molar-refractivity contribution in [2.75, 3.05) is 46.3 Å². The zero-order chi connectivity index (χ0) is 17.5. The van der Waals surface area contributed by atoms with Gasteiger partial charge in [0.1, 0.15) is 0 Å². The lowest BCUT2D eigenvalue weighted by atomic mass is 9.98. The molecule has 0 bridgehead atoms. The molecule has 2 aliphatic heterocycles. The zero-order valence-corrected chi connectivity index (χ0v) is 15.6. The minimum atomic E-state index is 0.333. The lowest BCUT2D eigenvalue weighted by molar-refractivity contribution is -0.135. The maximum absolute atomic E-state index is 12.8. The van der Waals surface area contributed by atoms with Crippen LogP contribution in [0.1, 0.15) is 37.7 Å². The lowest BCUT2D eigenvalue weighted by Crippen LogP contribution is -2.48. The highest BCUT2D eigenvalue weighted by Gasteiger charge is 2.27. The molecular weight excluding hydrogens is 312 g/mol. The number of aromatic nitrogens is 1. The van der Waals surface area contributed by atoms with Crippen LogP contribution in [-0.4, -0.2) is 77.9 Å². The van der Waals surface area contributed by atoms with Crippen LogP contribution in [0, 0.1) is 0 Å². The first-order chi connectivity index (χ1) is 12.2. The number of carbonyl (C=O) groups excluding carboxylic acids is 1. The Balaban J connectivity index is 1.47. The van der Waals surface area contributed by atoms with Gasteiger partial charge in [-0.3, -0.25) is 9.78 Å². The monoisotopic (exact) mass is 344 g/mol. The molecule has 138 valence electrons. The Bertz CT molecular complexity index is 528. The van der Waals surface area contributed by atoms with Crippen molar-refractivity contribution in [2.24, 2.45) is 0 Å². The van der Waals surface area contributed by atoms with E-state index in [2.05, 4.69) is 26.7 Å². The molecular formula is C20H32N4O. The highest BCUT2D eigenvalue weighted by Crippen LogP contribution is 2.21. The quantitative estimate of drug-likeness (QED) is 0.792. The van der Waals surface area contributed by atoms with Gasteiger partial charge in [-0.25, -0.2) is 0 Å². The normalized spacial score (nSPS) is 22.9. The molecule has 5 nitrogen and oxygen atoms in total. The van der Waals surface area contributed by atoms with E-state index in [4.69, 9.17) is 0 Å². The third-order valence-corrected chi connectivity index (χ3v) is 5.70. The summed E-state index contributed by atoms with van der Waals surface area (Å²) in [6.45, 7) is 6.74. The predicted molar refractivity (Wildman–Crippen MR) is 100 cm³/mol. The van der Waals surface area contributed by atoms with Gasteiger partial charge in [0, 0.05) is 64.1 Å². The predicted octanol–water partition coefficient (Wildman–Crippen LogP) is 2.03. The van der Waals surface area contributed by atoms with Crippen LogP contribution in [0.2, 0.25) is 0 Å². The summed E-state index contributed by atoms with van der Waals surface area (Å²) in [6.07, 6.45) is 9.78. The summed E-state index contributed by atoms with van der Waals surface area (Å²) >= 11 is 0. The number of aryl methyl sites for hydroxylation is 1. The standard InChI is InChI=1S/C20H32N4O/c1-22-14-16-23(17-15-22)13-9-19-4-2-3-12-24(19)20(25)6-5-18-7-10-21-11-8-18/h7-8,10-11,19H,2-6,9,12-17H2,1H3/t19-/m1/s1. The third-order valence-electron chi connectivity index (χ3n) is 5.70. The number of likely N-dealkylation sites (tertiary alicyclic amines) is 1. The van der Waals surface area contributed by atoms with Crippen molar-refractivity contribution in [1.82, 2.24) is 19.7 Å². The van der Waals surface area contributed by atoms with E-state index >= 15 is 0 Å². The van der Waals surface area contributed by atoms with E-state index < -0.39 is 0 Å². The summed E-state index contributed by atoms with van der Waals surface area (Å²) in [5.41, 5.74) is 1.20. The molecule has 1 aromatic rings. The highest BCUT2D eigenvalue weighted by molar-refractivity contribution is 5.76. The van der Waals surface area contributed by atoms with Crippen molar-refractivity contribution >= 4 is 5.91 Å². The van der Waals surface area contributed by atoms with Gasteiger partial charge in [-0.15, -0.1) is 0 Å². The molecule has 1 atom stereocenters. The van der Waals surface area contributed by atoms with E-state index in [0.717, 1.165) is 32.4 Å². The van der Waals surface area contributed by atoms with Crippen LogP contribution in [0.4, 0.5) is 0 Å². The second kappa shape index (κ2) is 9.30. The van der Waals surface area contributed by atoms with E-state index in [1.165, 1.54) is 44.6 Å². The van der Waals surface area contributed by atoms with Crippen LogP contribution in [0.25, 0.3) is 0 Å². The number of hydrogen-bond acceptors (Lipinski definition) is 4. The Morgan fingerprint density at radius 3 is 2.64 bits per heavy atom. The average molecular weight is 345 g/mol. The van der Waals surface area contributed by atoms with E-state index in [0.29, 0.717) is 18.4 Å². The molecule has 3 rings (SSSR count). The summed E-state index contributed by atoms with van der Waals surface area (Å²) < 4.78 is 0. The van der Waals surface area contributed by atoms with Crippen molar-refractivity contribution in [1.29, 1.82) is 0 Å². The maximum Gasteiger partial charge on any atom is 0.223 e. The van der Waals surface area contributed by atoms with Crippen LogP contribution in [-0.2, 0) is 11.2 Å². The van der Waals surface area contributed by atoms with Gasteiger partial charge in [0.2, 0.25) is 5.91 Å². The molecule has 0 aliphatic carbocycles. The highest BCUT2D eigenvalue weighted by atomic mass is 16.2. The molecule has 2 fully saturated rings. The topological polar surface area (TPSA) is 39.7 Å². The van der Waals surface area contributed by atoms with Crippen LogP contribution in [0.15, 0.2) is 24.5 Å². The van der Waals surface area contributed by atoms with Crippen molar-refractivity contribution in [3.05, 3.63) is 30.1 Å². The van der Waals surface area contributed by atoms with Gasteiger partial charge in [-0.2, -0.15) is 0 Å². The van der Waals surface area contributed by atoms with Gasteiger partial charge in [0.05, 0.1) is 0 Å². The van der Waals surface area contributed by atoms with Crippen molar-refractivity contribution in [3.8, 4) is 0 Å². The molecule has 2 saturated heterocycles. The molecule has 25 heavy (non-hydrogen) atoms. The number of hydrogen-bond donors (Lipinski definition) is 0. The van der Waals surface area contributed by atoms with Crippen LogP contribution in [0.5, 0.6) is 0 Å². The van der Waals surface area contributed by atoms with Crippen LogP contribution in [0.3, 0.4) is 0 Å². The summed E-state index contributed by atoms with van der Waals surface area (Å²) in [5.74, 6) is 0.333. The number of amides is 1. The molecule has 0 spiro atoms. The van der Waals surface area contributed by atoms with Gasteiger partial charge in [-0.05, 0) is 56.8 Å². The van der Waals surface area contributed by atoms with Gasteiger partial charge in [0.15, 0.2) is 0 Å². The molecule has 1 amide bonds. The number of carbonyl (C=O) groups is 1. The molecule has 0 radical (unpaired) electrons. The minimum Gasteiger partial charge on any atom is -0.340 e. The van der Waals surface area contributed by atoms with E-state index in [1.54, 1.807) is 12.4 Å². The third kappa shape index (κ3) is 5.51. The fraction of sp³-hybridized carbons (Fsp3) is 0.700. The zero-order valence-electron chi connectivity index (χ0n) is 15.6. The molecule has 5 heteroatoms. The average Bonchev–Trinajstić information content (AvgIpc) is 2.67. The van der Waals surface area contributed by atoms with Gasteiger partial charge in [0.25, 0.3) is 0 Å². The van der Waals surface area contributed by atoms with E-state index in [1.807, 2.05) is 12.1 Å². The minimum absolute atomic E-state index is 0.333. The maximum atomic E-state index is 12.8. The molecule has 2 aliphatic rings. The summed E-state index contributed by atoms with van der Waals surface area (Å²) in [5, 5.41) is 0. The molecule has 3 heterocycles. The SMILES string of the molecule is CN1CCN(CC[C@H]2CCCCN2C(=O)CCc2ccncc2)CC1. The summed E-state index contributed by atoms with van der Waals surface area (Å²) in [7, 11) is 2.20. The van der Waals surface area contributed by atoms with E-state index in [9.17, 15) is 4.79 Å². The van der Waals surface area contributed by atoms with Crippen molar-refractivity contribution < 1.29 is 4.79 Å². The van der Waals surface area contributed by atoms with E-state index in [-0.39, 0.29) is 0 Å². The Morgan fingerprint density at radius 1 is 1.12 bits per heavy atom. The van der Waals surface area contributed by atoms with Crippen molar-refractivity contribution in [2.45, 2.75) is 44.6 Å². The number of pyridine rings is 1. The molecule has 0 N–H and O–H groups in total. The number of rotatable bonds is 6. The number of piperazine rings is 1. The van der Waals surface area contributed by atoms with Crippen LogP contribution >= 0.6 is 0 Å². The fourth-order valence-electron chi connectivity index (χ4n) is 3.98. The van der Waals surface area contributed by atoms with Gasteiger partial charge >= 0.3 is 0 Å². The number of likely N-dealkylation sites (N-methyl/N-ethyl adjacent to an activating group) is 1. The number of nitrogens with zero attached hydrogens (tertiary/aromatic N) is 4. The fourth-order valence-corrected chi connectivity index (χ4v) is 3.98. The Labute approximate surface area is 152 Å². The molecule has 0 unspecified atom stereocenters. The summed E-state index contributed by atoms with van der Waals surface area (Å²) in [6, 6.07) is 4.46. The number of piperidine rings is 1. The molecule has 1 aromatic heterocycles. The Kier molecular flexibility index (Phi) is 6.82. The van der Waals surface area contributed by atoms with Crippen molar-refractivity contribution in [3.63, 3.8) is 0 Å².